The Balaban J connectivity index is 2.05. The molecule has 2 aromatic carbocycles. The summed E-state index contributed by atoms with van der Waals surface area (Å²) in [6, 6.07) is 6.37. The molecule has 0 saturated heterocycles. The molecule has 0 bridgehead atoms. The molecule has 0 fully saturated rings. The van der Waals surface area contributed by atoms with E-state index in [0.717, 1.165) is 12.1 Å². The summed E-state index contributed by atoms with van der Waals surface area (Å²) >= 11 is 5.72. The Morgan fingerprint density at radius 2 is 1.79 bits per heavy atom. The van der Waals surface area contributed by atoms with Crippen LogP contribution in [-0.4, -0.2) is 30.4 Å². The van der Waals surface area contributed by atoms with Gasteiger partial charge in [-0.15, -0.1) is 0 Å². The van der Waals surface area contributed by atoms with Crippen molar-refractivity contribution in [3.05, 3.63) is 45.5 Å². The molecule has 0 spiro atoms. The molecule has 9 nitrogen and oxygen atoms in total. The van der Waals surface area contributed by atoms with E-state index in [1.165, 1.54) is 12.1 Å². The lowest BCUT2D eigenvalue weighted by Gasteiger charge is -2.01. The lowest BCUT2D eigenvalue weighted by molar-refractivity contribution is -0.385. The van der Waals surface area contributed by atoms with Crippen molar-refractivity contribution in [2.45, 2.75) is 0 Å². The number of rotatable bonds is 3. The van der Waals surface area contributed by atoms with Crippen LogP contribution in [0, 0.1) is 10.1 Å². The molecule has 3 N–H and O–H groups in total. The first-order valence-corrected chi connectivity index (χ1v) is 6.78. The fourth-order valence-corrected chi connectivity index (χ4v) is 2.09. The van der Waals surface area contributed by atoms with E-state index >= 15 is 0 Å². The molecular formula is C14H8ClN3O6. The SMILES string of the molecule is O=[N+]([O-])c1cc(-c2nc(-c3ccc(Cl)c(O)c3)no2)cc(O)c1O. The van der Waals surface area contributed by atoms with Crippen molar-refractivity contribution in [3.8, 4) is 40.1 Å². The molecule has 3 aromatic rings. The molecule has 0 aliphatic carbocycles. The number of hydrogen-bond acceptors (Lipinski definition) is 8. The first kappa shape index (κ1) is 15.6. The molecule has 0 radical (unpaired) electrons. The summed E-state index contributed by atoms with van der Waals surface area (Å²) in [5.74, 6) is -1.72. The molecule has 0 unspecified atom stereocenters. The van der Waals surface area contributed by atoms with Gasteiger partial charge in [0.15, 0.2) is 5.75 Å². The number of phenolic OH excluding ortho intramolecular Hbond substituents is 3. The van der Waals surface area contributed by atoms with Crippen LogP contribution in [-0.2, 0) is 0 Å². The van der Waals surface area contributed by atoms with E-state index in [0.29, 0.717) is 5.56 Å². The third-order valence-electron chi connectivity index (χ3n) is 3.14. The third-order valence-corrected chi connectivity index (χ3v) is 3.46. The number of phenols is 3. The van der Waals surface area contributed by atoms with Crippen LogP contribution in [0.5, 0.6) is 17.2 Å². The average Bonchev–Trinajstić information content (AvgIpc) is 3.02. The molecule has 0 saturated carbocycles. The molecule has 0 atom stereocenters. The molecule has 0 aliphatic rings. The standard InChI is InChI=1S/C14H8ClN3O6/c15-8-2-1-6(4-10(8)19)13-16-14(24-17-13)7-3-9(18(22)23)12(21)11(20)5-7/h1-5,19-21H. The van der Waals surface area contributed by atoms with Crippen LogP contribution >= 0.6 is 11.6 Å². The molecule has 10 heteroatoms. The minimum Gasteiger partial charge on any atom is -0.506 e. The second-order valence-corrected chi connectivity index (χ2v) is 5.12. The maximum Gasteiger partial charge on any atom is 0.315 e. The van der Waals surface area contributed by atoms with E-state index in [1.54, 1.807) is 6.07 Å². The second kappa shape index (κ2) is 5.70. The Morgan fingerprint density at radius 3 is 2.46 bits per heavy atom. The van der Waals surface area contributed by atoms with E-state index in [-0.39, 0.29) is 28.1 Å². The zero-order valence-corrected chi connectivity index (χ0v) is 12.4. The van der Waals surface area contributed by atoms with Crippen LogP contribution in [0.4, 0.5) is 5.69 Å². The van der Waals surface area contributed by atoms with Gasteiger partial charge in [0.25, 0.3) is 5.89 Å². The number of aromatic hydroxyl groups is 3. The van der Waals surface area contributed by atoms with Gasteiger partial charge < -0.3 is 19.8 Å². The third kappa shape index (κ3) is 2.68. The monoisotopic (exact) mass is 349 g/mol. The predicted molar refractivity (Wildman–Crippen MR) is 81.8 cm³/mol. The highest BCUT2D eigenvalue weighted by Crippen LogP contribution is 2.39. The number of hydrogen-bond donors (Lipinski definition) is 3. The molecular weight excluding hydrogens is 342 g/mol. The number of nitro groups is 1. The Morgan fingerprint density at radius 1 is 1.08 bits per heavy atom. The number of halogens is 1. The Kier molecular flexibility index (Phi) is 3.70. The van der Waals surface area contributed by atoms with Crippen LogP contribution in [0.25, 0.3) is 22.8 Å². The maximum atomic E-state index is 10.9. The van der Waals surface area contributed by atoms with Crippen LogP contribution in [0.1, 0.15) is 0 Å². The molecule has 0 aliphatic heterocycles. The number of nitro benzene ring substituents is 1. The molecule has 1 aromatic heterocycles. The quantitative estimate of drug-likeness (QED) is 0.372. The molecule has 3 rings (SSSR count). The first-order chi connectivity index (χ1) is 11.4. The summed E-state index contributed by atoms with van der Waals surface area (Å²) in [6.45, 7) is 0. The van der Waals surface area contributed by atoms with Gasteiger partial charge in [0, 0.05) is 11.6 Å². The summed E-state index contributed by atoms with van der Waals surface area (Å²) in [5, 5.41) is 43.4. The van der Waals surface area contributed by atoms with Gasteiger partial charge in [-0.1, -0.05) is 16.8 Å². The lowest BCUT2D eigenvalue weighted by Crippen LogP contribution is -1.90. The topological polar surface area (TPSA) is 143 Å². The van der Waals surface area contributed by atoms with Gasteiger partial charge in [-0.25, -0.2) is 0 Å². The summed E-state index contributed by atoms with van der Waals surface area (Å²) in [4.78, 5) is 14.1. The number of nitrogens with zero attached hydrogens (tertiary/aromatic N) is 3. The van der Waals surface area contributed by atoms with Gasteiger partial charge in [-0.05, 0) is 24.3 Å². The van der Waals surface area contributed by atoms with E-state index < -0.39 is 22.1 Å². The van der Waals surface area contributed by atoms with Gasteiger partial charge in [0.2, 0.25) is 11.6 Å². The van der Waals surface area contributed by atoms with Crippen LogP contribution in [0.3, 0.4) is 0 Å². The van der Waals surface area contributed by atoms with Crippen LogP contribution in [0.2, 0.25) is 5.02 Å². The Bertz CT molecular complexity index is 956. The van der Waals surface area contributed by atoms with Gasteiger partial charge in [-0.2, -0.15) is 4.98 Å². The molecule has 1 heterocycles. The zero-order chi connectivity index (χ0) is 17.4. The first-order valence-electron chi connectivity index (χ1n) is 6.40. The van der Waals surface area contributed by atoms with Crippen molar-refractivity contribution in [1.82, 2.24) is 10.1 Å². The average molecular weight is 350 g/mol. The summed E-state index contributed by atoms with van der Waals surface area (Å²) in [5.41, 5.74) is -0.243. The Labute approximate surface area is 138 Å². The van der Waals surface area contributed by atoms with Crippen molar-refractivity contribution in [1.29, 1.82) is 0 Å². The fraction of sp³-hybridized carbons (Fsp3) is 0. The van der Waals surface area contributed by atoms with E-state index in [4.69, 9.17) is 16.1 Å². The van der Waals surface area contributed by atoms with Crippen molar-refractivity contribution in [2.75, 3.05) is 0 Å². The highest BCUT2D eigenvalue weighted by atomic mass is 35.5. The second-order valence-electron chi connectivity index (χ2n) is 4.71. The molecule has 0 amide bonds. The summed E-state index contributed by atoms with van der Waals surface area (Å²) < 4.78 is 5.01. The Hall–Kier alpha value is -3.33. The maximum absolute atomic E-state index is 10.9. The van der Waals surface area contributed by atoms with Crippen molar-refractivity contribution in [3.63, 3.8) is 0 Å². The van der Waals surface area contributed by atoms with Gasteiger partial charge >= 0.3 is 5.69 Å². The molecule has 122 valence electrons. The highest BCUT2D eigenvalue weighted by molar-refractivity contribution is 6.32. The largest absolute Gasteiger partial charge is 0.506 e. The van der Waals surface area contributed by atoms with Crippen LogP contribution < -0.4 is 0 Å². The predicted octanol–water partition coefficient (Wildman–Crippen LogP) is 3.08. The van der Waals surface area contributed by atoms with E-state index in [9.17, 15) is 25.4 Å². The number of aromatic nitrogens is 2. The molecule has 24 heavy (non-hydrogen) atoms. The van der Waals surface area contributed by atoms with Crippen molar-refractivity contribution < 1.29 is 24.8 Å². The van der Waals surface area contributed by atoms with Gasteiger partial charge in [0.1, 0.15) is 5.75 Å². The minimum atomic E-state index is -0.855. The smallest absolute Gasteiger partial charge is 0.315 e. The van der Waals surface area contributed by atoms with Crippen molar-refractivity contribution in [2.24, 2.45) is 0 Å². The lowest BCUT2D eigenvalue weighted by atomic mass is 10.1. The summed E-state index contributed by atoms with van der Waals surface area (Å²) in [7, 11) is 0. The fourth-order valence-electron chi connectivity index (χ4n) is 1.98. The normalized spacial score (nSPS) is 10.7. The zero-order valence-electron chi connectivity index (χ0n) is 11.7. The van der Waals surface area contributed by atoms with Crippen LogP contribution in [0.15, 0.2) is 34.9 Å². The van der Waals surface area contributed by atoms with Crippen molar-refractivity contribution >= 4 is 17.3 Å². The minimum absolute atomic E-state index is 0.0499. The number of benzene rings is 2. The van der Waals surface area contributed by atoms with Gasteiger partial charge in [-0.3, -0.25) is 10.1 Å². The van der Waals surface area contributed by atoms with E-state index in [2.05, 4.69) is 10.1 Å². The van der Waals surface area contributed by atoms with Gasteiger partial charge in [0.05, 0.1) is 15.5 Å². The van der Waals surface area contributed by atoms with E-state index in [1.807, 2.05) is 0 Å². The summed E-state index contributed by atoms with van der Waals surface area (Å²) in [6.07, 6.45) is 0. The highest BCUT2D eigenvalue weighted by Gasteiger charge is 2.22.